The lowest BCUT2D eigenvalue weighted by atomic mass is 10.1. The van der Waals surface area contributed by atoms with Crippen LogP contribution in [0.15, 0.2) is 12.3 Å². The summed E-state index contributed by atoms with van der Waals surface area (Å²) in [6, 6.07) is 2.02. The van der Waals surface area contributed by atoms with Gasteiger partial charge in [0.2, 0.25) is 0 Å². The smallest absolute Gasteiger partial charge is 0.404 e. The molecule has 2 aromatic heterocycles. The fourth-order valence-corrected chi connectivity index (χ4v) is 2.14. The molecule has 0 aliphatic heterocycles. The van der Waals surface area contributed by atoms with Crippen LogP contribution >= 0.6 is 0 Å². The third kappa shape index (κ3) is 3.05. The van der Waals surface area contributed by atoms with Crippen LogP contribution in [0.5, 0.6) is 0 Å². The van der Waals surface area contributed by atoms with E-state index >= 15 is 0 Å². The summed E-state index contributed by atoms with van der Waals surface area (Å²) in [4.78, 5) is 14.9. The summed E-state index contributed by atoms with van der Waals surface area (Å²) in [5.74, 6) is 0. The van der Waals surface area contributed by atoms with Crippen molar-refractivity contribution in [2.24, 2.45) is 5.73 Å². The molecule has 3 N–H and O–H groups in total. The Bertz CT molecular complexity index is 622. The first-order valence-corrected chi connectivity index (χ1v) is 6.46. The second-order valence-corrected chi connectivity index (χ2v) is 4.70. The molecule has 0 aliphatic rings. The van der Waals surface area contributed by atoms with Gasteiger partial charge in [-0.05, 0) is 20.8 Å². The Kier molecular flexibility index (Phi) is 4.19. The minimum Gasteiger partial charge on any atom is -0.448 e. The van der Waals surface area contributed by atoms with Gasteiger partial charge in [0, 0.05) is 36.1 Å². The second-order valence-electron chi connectivity index (χ2n) is 4.70. The molecule has 0 radical (unpaired) electrons. The highest BCUT2D eigenvalue weighted by atomic mass is 16.5. The van der Waals surface area contributed by atoms with Crippen LogP contribution in [-0.4, -0.2) is 33.8 Å². The predicted octanol–water partition coefficient (Wildman–Crippen LogP) is 1.09. The molecule has 1 amide bonds. The van der Waals surface area contributed by atoms with Crippen LogP contribution in [0.25, 0.3) is 5.65 Å². The van der Waals surface area contributed by atoms with Crippen molar-refractivity contribution in [1.82, 2.24) is 19.9 Å². The van der Waals surface area contributed by atoms with Crippen LogP contribution in [-0.2, 0) is 4.74 Å². The van der Waals surface area contributed by atoms with Gasteiger partial charge >= 0.3 is 6.09 Å². The number of amides is 1. The summed E-state index contributed by atoms with van der Waals surface area (Å²) in [6.45, 7) is 6.75. The van der Waals surface area contributed by atoms with Gasteiger partial charge in [0.05, 0.1) is 5.69 Å². The number of hydrogen-bond acceptors (Lipinski definition) is 5. The molecule has 2 heterocycles. The van der Waals surface area contributed by atoms with Crippen molar-refractivity contribution in [3.05, 3.63) is 29.2 Å². The number of hydrogen-bond donors (Lipinski definition) is 2. The number of nitrogens with two attached hydrogens (primary N) is 1. The van der Waals surface area contributed by atoms with Gasteiger partial charge in [0.15, 0.2) is 5.65 Å². The molecule has 20 heavy (non-hydrogen) atoms. The molecule has 108 valence electrons. The van der Waals surface area contributed by atoms with Crippen LogP contribution in [0, 0.1) is 13.8 Å². The Morgan fingerprint density at radius 1 is 1.55 bits per heavy atom. The number of rotatable bonds is 5. The highest BCUT2D eigenvalue weighted by Gasteiger charge is 2.12. The van der Waals surface area contributed by atoms with Crippen LogP contribution in [0.3, 0.4) is 0 Å². The van der Waals surface area contributed by atoms with E-state index in [-0.39, 0.29) is 12.6 Å². The lowest BCUT2D eigenvalue weighted by Crippen LogP contribution is -2.26. The Morgan fingerprint density at radius 3 is 3.00 bits per heavy atom. The van der Waals surface area contributed by atoms with E-state index < -0.39 is 6.09 Å². The summed E-state index contributed by atoms with van der Waals surface area (Å²) in [5.41, 5.74) is 8.77. The van der Waals surface area contributed by atoms with Gasteiger partial charge in [0.1, 0.15) is 6.61 Å². The molecule has 0 saturated carbocycles. The van der Waals surface area contributed by atoms with Crippen LogP contribution in [0.2, 0.25) is 0 Å². The van der Waals surface area contributed by atoms with Crippen molar-refractivity contribution in [1.29, 1.82) is 0 Å². The molecule has 2 aromatic rings. The summed E-state index contributed by atoms with van der Waals surface area (Å²) < 4.78 is 6.51. The normalized spacial score (nSPS) is 12.6. The summed E-state index contributed by atoms with van der Waals surface area (Å²) in [7, 11) is 0. The average molecular weight is 277 g/mol. The molecule has 0 aromatic carbocycles. The first-order valence-electron chi connectivity index (χ1n) is 6.46. The molecule has 0 saturated heterocycles. The van der Waals surface area contributed by atoms with Crippen molar-refractivity contribution in [2.75, 3.05) is 13.2 Å². The van der Waals surface area contributed by atoms with Crippen molar-refractivity contribution in [3.63, 3.8) is 0 Å². The maximum absolute atomic E-state index is 10.5. The number of aromatic nitrogens is 3. The lowest BCUT2D eigenvalue weighted by Gasteiger charge is -2.16. The molecule has 1 atom stereocenters. The van der Waals surface area contributed by atoms with E-state index in [1.165, 1.54) is 0 Å². The number of fused-ring (bicyclic) bond motifs is 1. The van der Waals surface area contributed by atoms with E-state index in [4.69, 9.17) is 5.73 Å². The summed E-state index contributed by atoms with van der Waals surface area (Å²) in [5, 5.41) is 7.67. The maximum Gasteiger partial charge on any atom is 0.404 e. The Morgan fingerprint density at radius 2 is 2.30 bits per heavy atom. The van der Waals surface area contributed by atoms with Crippen molar-refractivity contribution in [3.8, 4) is 0 Å². The van der Waals surface area contributed by atoms with Gasteiger partial charge in [-0.2, -0.15) is 5.10 Å². The zero-order valence-electron chi connectivity index (χ0n) is 11.9. The van der Waals surface area contributed by atoms with E-state index in [2.05, 4.69) is 20.1 Å². The number of nitrogens with zero attached hydrogens (tertiary/aromatic N) is 3. The Labute approximate surface area is 117 Å². The van der Waals surface area contributed by atoms with Crippen LogP contribution in [0.4, 0.5) is 4.79 Å². The van der Waals surface area contributed by atoms with Gasteiger partial charge in [-0.15, -0.1) is 0 Å². The van der Waals surface area contributed by atoms with E-state index in [9.17, 15) is 4.79 Å². The summed E-state index contributed by atoms with van der Waals surface area (Å²) >= 11 is 0. The Hall–Kier alpha value is -2.15. The third-order valence-electron chi connectivity index (χ3n) is 3.15. The van der Waals surface area contributed by atoms with Gasteiger partial charge in [0.25, 0.3) is 0 Å². The zero-order valence-corrected chi connectivity index (χ0v) is 11.9. The van der Waals surface area contributed by atoms with Crippen molar-refractivity contribution < 1.29 is 9.53 Å². The highest BCUT2D eigenvalue weighted by Crippen LogP contribution is 2.17. The fraction of sp³-hybridized carbons (Fsp3) is 0.462. The monoisotopic (exact) mass is 277 g/mol. The number of ether oxygens (including phenoxy) is 1. The van der Waals surface area contributed by atoms with Gasteiger partial charge in [-0.25, -0.2) is 14.3 Å². The van der Waals surface area contributed by atoms with E-state index in [1.54, 1.807) is 0 Å². The zero-order chi connectivity index (χ0) is 14.7. The van der Waals surface area contributed by atoms with E-state index in [0.717, 1.165) is 22.6 Å². The standard InChI is InChI=1S/C13H19N5O2/c1-8-6-12-16-7-11(10(3)18(12)17-8)9(2)15-4-5-20-13(14)19/h6-7,9,15H,4-5H2,1-3H3,(H2,14,19). The quantitative estimate of drug-likeness (QED) is 0.798. The molecule has 7 heteroatoms. The molecule has 7 nitrogen and oxygen atoms in total. The van der Waals surface area contributed by atoms with E-state index in [0.29, 0.717) is 6.54 Å². The van der Waals surface area contributed by atoms with Gasteiger partial charge in [-0.3, -0.25) is 0 Å². The van der Waals surface area contributed by atoms with E-state index in [1.807, 2.05) is 37.5 Å². The molecule has 1 unspecified atom stereocenters. The maximum atomic E-state index is 10.5. The molecule has 0 spiro atoms. The fourth-order valence-electron chi connectivity index (χ4n) is 2.14. The van der Waals surface area contributed by atoms with Crippen molar-refractivity contribution >= 4 is 11.7 Å². The number of carbonyl (C=O) groups excluding carboxylic acids is 1. The molecule has 0 aliphatic carbocycles. The van der Waals surface area contributed by atoms with Crippen molar-refractivity contribution in [2.45, 2.75) is 26.8 Å². The molecular weight excluding hydrogens is 258 g/mol. The number of aryl methyl sites for hydroxylation is 2. The average Bonchev–Trinajstić information content (AvgIpc) is 2.76. The highest BCUT2D eigenvalue weighted by molar-refractivity contribution is 5.64. The van der Waals surface area contributed by atoms with Crippen LogP contribution < -0.4 is 11.1 Å². The topological polar surface area (TPSA) is 94.5 Å². The number of primary amides is 1. The first kappa shape index (κ1) is 14.3. The minimum atomic E-state index is -0.759. The first-order chi connectivity index (χ1) is 9.49. The Balaban J connectivity index is 2.07. The lowest BCUT2D eigenvalue weighted by molar-refractivity contribution is 0.156. The largest absolute Gasteiger partial charge is 0.448 e. The minimum absolute atomic E-state index is 0.0767. The number of nitrogens with one attached hydrogen (secondary N) is 1. The van der Waals surface area contributed by atoms with Gasteiger partial charge in [-0.1, -0.05) is 0 Å². The van der Waals surface area contributed by atoms with Gasteiger partial charge < -0.3 is 15.8 Å². The molecule has 2 rings (SSSR count). The summed E-state index contributed by atoms with van der Waals surface area (Å²) in [6.07, 6.45) is 1.09. The predicted molar refractivity (Wildman–Crippen MR) is 74.4 cm³/mol. The molecule has 0 bridgehead atoms. The molecular formula is C13H19N5O2. The SMILES string of the molecule is Cc1cc2ncc(C(C)NCCOC(N)=O)c(C)n2n1. The van der Waals surface area contributed by atoms with Crippen LogP contribution in [0.1, 0.15) is 29.9 Å². The third-order valence-corrected chi connectivity index (χ3v) is 3.15. The number of carbonyl (C=O) groups is 1. The second kappa shape index (κ2) is 5.87. The molecule has 0 fully saturated rings.